The first kappa shape index (κ1) is 14.2. The fraction of sp³-hybridized carbons (Fsp3) is 0.200. The largest absolute Gasteiger partial charge is 0.496 e. The molecule has 0 radical (unpaired) electrons. The molecule has 2 rings (SSSR count). The van der Waals surface area contributed by atoms with E-state index in [1.807, 2.05) is 19.1 Å². The van der Waals surface area contributed by atoms with Crippen LogP contribution in [-0.2, 0) is 6.54 Å². The van der Waals surface area contributed by atoms with Crippen LogP contribution in [0.25, 0.3) is 0 Å². The first-order valence-electron chi connectivity index (χ1n) is 6.03. The highest BCUT2D eigenvalue weighted by molar-refractivity contribution is 5.48. The van der Waals surface area contributed by atoms with Crippen molar-refractivity contribution in [2.75, 3.05) is 12.4 Å². The lowest BCUT2D eigenvalue weighted by molar-refractivity contribution is 0.410. The number of halogens is 3. The van der Waals surface area contributed by atoms with Crippen molar-refractivity contribution < 1.29 is 17.9 Å². The molecule has 106 valence electrons. The fourth-order valence-electron chi connectivity index (χ4n) is 1.94. The second-order valence-electron chi connectivity index (χ2n) is 4.41. The molecule has 0 bridgehead atoms. The van der Waals surface area contributed by atoms with Gasteiger partial charge >= 0.3 is 0 Å². The van der Waals surface area contributed by atoms with E-state index in [0.29, 0.717) is 17.9 Å². The van der Waals surface area contributed by atoms with E-state index in [9.17, 15) is 13.2 Å². The number of hydrogen-bond donors (Lipinski definition) is 1. The zero-order valence-electron chi connectivity index (χ0n) is 11.1. The minimum atomic E-state index is -0.964. The highest BCUT2D eigenvalue weighted by atomic mass is 19.1. The third kappa shape index (κ3) is 3.04. The number of benzene rings is 2. The molecule has 2 nitrogen and oxygen atoms in total. The van der Waals surface area contributed by atoms with E-state index < -0.39 is 17.5 Å². The molecule has 0 spiro atoms. The summed E-state index contributed by atoms with van der Waals surface area (Å²) in [6.07, 6.45) is 0. The Balaban J connectivity index is 2.23. The van der Waals surface area contributed by atoms with Crippen LogP contribution in [0, 0.1) is 24.4 Å². The molecule has 0 saturated carbocycles. The van der Waals surface area contributed by atoms with Crippen LogP contribution >= 0.6 is 0 Å². The molecule has 0 saturated heterocycles. The summed E-state index contributed by atoms with van der Waals surface area (Å²) in [6, 6.07) is 6.79. The van der Waals surface area contributed by atoms with Crippen molar-refractivity contribution in [3.8, 4) is 5.75 Å². The minimum Gasteiger partial charge on any atom is -0.496 e. The maximum absolute atomic E-state index is 13.5. The summed E-state index contributed by atoms with van der Waals surface area (Å²) in [4.78, 5) is 0. The van der Waals surface area contributed by atoms with Gasteiger partial charge in [-0.25, -0.2) is 13.2 Å². The van der Waals surface area contributed by atoms with Gasteiger partial charge in [0.15, 0.2) is 11.6 Å². The summed E-state index contributed by atoms with van der Waals surface area (Å²) >= 11 is 0. The molecule has 0 atom stereocenters. The van der Waals surface area contributed by atoms with Gasteiger partial charge in [-0.15, -0.1) is 0 Å². The number of aryl methyl sites for hydroxylation is 1. The molecule has 2 aromatic carbocycles. The fourth-order valence-corrected chi connectivity index (χ4v) is 1.94. The van der Waals surface area contributed by atoms with Gasteiger partial charge in [-0.05, 0) is 13.0 Å². The standard InChI is InChI=1S/C15H14F3NO/c1-9-3-4-14(20-2)10(5-9)8-19-15-12(17)6-11(16)7-13(15)18/h3-7,19H,8H2,1-2H3. The summed E-state index contributed by atoms with van der Waals surface area (Å²) in [5.74, 6) is -2.26. The summed E-state index contributed by atoms with van der Waals surface area (Å²) in [7, 11) is 1.52. The molecule has 1 N–H and O–H groups in total. The summed E-state index contributed by atoms with van der Waals surface area (Å²) in [6.45, 7) is 2.08. The van der Waals surface area contributed by atoms with Crippen molar-refractivity contribution >= 4 is 5.69 Å². The lowest BCUT2D eigenvalue weighted by atomic mass is 10.1. The van der Waals surface area contributed by atoms with Crippen LogP contribution in [-0.4, -0.2) is 7.11 Å². The topological polar surface area (TPSA) is 21.3 Å². The quantitative estimate of drug-likeness (QED) is 0.913. The molecule has 2 aromatic rings. The maximum Gasteiger partial charge on any atom is 0.152 e. The Kier molecular flexibility index (Phi) is 4.17. The second-order valence-corrected chi connectivity index (χ2v) is 4.41. The zero-order chi connectivity index (χ0) is 14.7. The normalized spacial score (nSPS) is 10.4. The summed E-state index contributed by atoms with van der Waals surface area (Å²) in [5.41, 5.74) is 1.41. The van der Waals surface area contributed by atoms with Crippen LogP contribution in [0.5, 0.6) is 5.75 Å². The second kappa shape index (κ2) is 5.86. The van der Waals surface area contributed by atoms with E-state index in [1.54, 1.807) is 6.07 Å². The lowest BCUT2D eigenvalue weighted by Gasteiger charge is -2.12. The molecule has 0 fully saturated rings. The van der Waals surface area contributed by atoms with Gasteiger partial charge in [-0.1, -0.05) is 17.7 Å². The van der Waals surface area contributed by atoms with Crippen molar-refractivity contribution in [1.29, 1.82) is 0 Å². The molecule has 0 aliphatic heterocycles. The number of ether oxygens (including phenoxy) is 1. The number of hydrogen-bond acceptors (Lipinski definition) is 2. The average Bonchev–Trinajstić information content (AvgIpc) is 2.37. The van der Waals surface area contributed by atoms with E-state index in [4.69, 9.17) is 4.74 Å². The molecule has 0 heterocycles. The van der Waals surface area contributed by atoms with Crippen LogP contribution in [0.4, 0.5) is 18.9 Å². The highest BCUT2D eigenvalue weighted by Gasteiger charge is 2.12. The average molecular weight is 281 g/mol. The van der Waals surface area contributed by atoms with Gasteiger partial charge in [0.2, 0.25) is 0 Å². The van der Waals surface area contributed by atoms with Gasteiger partial charge in [0.25, 0.3) is 0 Å². The Morgan fingerprint density at radius 1 is 1.05 bits per heavy atom. The number of methoxy groups -OCH3 is 1. The zero-order valence-corrected chi connectivity index (χ0v) is 11.1. The van der Waals surface area contributed by atoms with Crippen molar-refractivity contribution in [3.05, 3.63) is 58.9 Å². The lowest BCUT2D eigenvalue weighted by Crippen LogP contribution is -2.06. The van der Waals surface area contributed by atoms with Crippen LogP contribution in [0.1, 0.15) is 11.1 Å². The molecule has 0 aromatic heterocycles. The maximum atomic E-state index is 13.5. The third-order valence-corrected chi connectivity index (χ3v) is 2.90. The first-order chi connectivity index (χ1) is 9.51. The molecular weight excluding hydrogens is 267 g/mol. The Labute approximate surface area is 115 Å². The Morgan fingerprint density at radius 3 is 2.30 bits per heavy atom. The SMILES string of the molecule is COc1ccc(C)cc1CNc1c(F)cc(F)cc1F. The first-order valence-corrected chi connectivity index (χ1v) is 6.03. The Bertz CT molecular complexity index is 606. The number of nitrogens with one attached hydrogen (secondary N) is 1. The van der Waals surface area contributed by atoms with Crippen molar-refractivity contribution in [3.63, 3.8) is 0 Å². The summed E-state index contributed by atoms with van der Waals surface area (Å²) < 4.78 is 45.0. The molecule has 0 amide bonds. The molecule has 0 aliphatic rings. The van der Waals surface area contributed by atoms with Gasteiger partial charge in [0, 0.05) is 24.2 Å². The van der Waals surface area contributed by atoms with Crippen molar-refractivity contribution in [1.82, 2.24) is 0 Å². The molecule has 0 aliphatic carbocycles. The number of anilines is 1. The molecule has 0 unspecified atom stereocenters. The number of rotatable bonds is 4. The van der Waals surface area contributed by atoms with Gasteiger partial charge in [0.05, 0.1) is 7.11 Å². The van der Waals surface area contributed by atoms with E-state index in [2.05, 4.69) is 5.32 Å². The van der Waals surface area contributed by atoms with Crippen LogP contribution in [0.15, 0.2) is 30.3 Å². The molecule has 5 heteroatoms. The monoisotopic (exact) mass is 281 g/mol. The van der Waals surface area contributed by atoms with Crippen molar-refractivity contribution in [2.45, 2.75) is 13.5 Å². The van der Waals surface area contributed by atoms with Crippen LogP contribution in [0.2, 0.25) is 0 Å². The van der Waals surface area contributed by atoms with E-state index in [0.717, 1.165) is 11.1 Å². The van der Waals surface area contributed by atoms with Gasteiger partial charge in [-0.3, -0.25) is 0 Å². The Hall–Kier alpha value is -2.17. The predicted octanol–water partition coefficient (Wildman–Crippen LogP) is 4.03. The van der Waals surface area contributed by atoms with Crippen LogP contribution < -0.4 is 10.1 Å². The van der Waals surface area contributed by atoms with E-state index >= 15 is 0 Å². The van der Waals surface area contributed by atoms with Gasteiger partial charge in [0.1, 0.15) is 17.3 Å². The van der Waals surface area contributed by atoms with Gasteiger partial charge in [-0.2, -0.15) is 0 Å². The Morgan fingerprint density at radius 2 is 1.70 bits per heavy atom. The third-order valence-electron chi connectivity index (χ3n) is 2.90. The van der Waals surface area contributed by atoms with E-state index in [1.165, 1.54) is 7.11 Å². The molecule has 20 heavy (non-hydrogen) atoms. The van der Waals surface area contributed by atoms with Crippen LogP contribution in [0.3, 0.4) is 0 Å². The summed E-state index contributed by atoms with van der Waals surface area (Å²) in [5, 5.41) is 2.63. The highest BCUT2D eigenvalue weighted by Crippen LogP contribution is 2.24. The minimum absolute atomic E-state index is 0.171. The molecular formula is C15H14F3NO. The van der Waals surface area contributed by atoms with E-state index in [-0.39, 0.29) is 12.2 Å². The van der Waals surface area contributed by atoms with Gasteiger partial charge < -0.3 is 10.1 Å². The predicted molar refractivity (Wildman–Crippen MR) is 71.4 cm³/mol. The smallest absolute Gasteiger partial charge is 0.152 e. The van der Waals surface area contributed by atoms with Crippen molar-refractivity contribution in [2.24, 2.45) is 0 Å².